The van der Waals surface area contributed by atoms with Crippen molar-refractivity contribution in [3.63, 3.8) is 0 Å². The Balaban J connectivity index is 2.89. The van der Waals surface area contributed by atoms with Crippen molar-refractivity contribution in [3.8, 4) is 0 Å². The summed E-state index contributed by atoms with van der Waals surface area (Å²) in [6, 6.07) is 5.07. The number of hydrogen-bond donors (Lipinski definition) is 2. The van der Waals surface area contributed by atoms with Crippen LogP contribution in [-0.4, -0.2) is 17.1 Å². The first-order valence-electron chi connectivity index (χ1n) is 4.99. The monoisotopic (exact) mass is 349 g/mol. The van der Waals surface area contributed by atoms with Gasteiger partial charge >= 0.3 is 5.97 Å². The smallest absolute Gasteiger partial charge is 0.326 e. The Bertz CT molecular complexity index is 362. The van der Waals surface area contributed by atoms with E-state index in [0.29, 0.717) is 6.42 Å². The summed E-state index contributed by atoms with van der Waals surface area (Å²) in [6.07, 6.45) is 1.43. The average Bonchev–Trinajstić information content (AvgIpc) is 2.21. The third-order valence-corrected chi connectivity index (χ3v) is 3.48. The molecule has 2 N–H and O–H groups in total. The van der Waals surface area contributed by atoms with Crippen LogP contribution >= 0.6 is 31.9 Å². The van der Waals surface area contributed by atoms with Crippen LogP contribution in [0, 0.1) is 0 Å². The summed E-state index contributed by atoms with van der Waals surface area (Å²) in [5, 5.41) is 12.1. The van der Waals surface area contributed by atoms with E-state index in [1.165, 1.54) is 0 Å². The van der Waals surface area contributed by atoms with Crippen LogP contribution in [0.15, 0.2) is 27.1 Å². The van der Waals surface area contributed by atoms with Crippen molar-refractivity contribution in [3.05, 3.63) is 27.1 Å². The summed E-state index contributed by atoms with van der Waals surface area (Å²) in [5.41, 5.74) is 0.781. The number of aliphatic carboxylic acids is 1. The highest BCUT2D eigenvalue weighted by Crippen LogP contribution is 2.31. The van der Waals surface area contributed by atoms with E-state index in [2.05, 4.69) is 37.2 Å². The van der Waals surface area contributed by atoms with Gasteiger partial charge in [-0.1, -0.05) is 19.4 Å². The van der Waals surface area contributed by atoms with Crippen LogP contribution in [0.25, 0.3) is 0 Å². The Labute approximate surface area is 111 Å². The molecular weight excluding hydrogens is 338 g/mol. The number of hydrogen-bond acceptors (Lipinski definition) is 2. The molecule has 0 aliphatic heterocycles. The number of anilines is 1. The van der Waals surface area contributed by atoms with E-state index in [4.69, 9.17) is 5.11 Å². The van der Waals surface area contributed by atoms with Gasteiger partial charge in [0.15, 0.2) is 0 Å². The molecule has 0 saturated heterocycles. The first-order chi connectivity index (χ1) is 7.56. The predicted octanol–water partition coefficient (Wildman–Crippen LogP) is 3.88. The molecular formula is C11H13Br2NO2. The van der Waals surface area contributed by atoms with Crippen molar-refractivity contribution in [2.24, 2.45) is 0 Å². The molecule has 1 aromatic carbocycles. The second-order valence-corrected chi connectivity index (χ2v) is 5.13. The van der Waals surface area contributed by atoms with E-state index in [1.807, 2.05) is 25.1 Å². The van der Waals surface area contributed by atoms with Gasteiger partial charge in [-0.15, -0.1) is 0 Å². The maximum absolute atomic E-state index is 11.0. The molecule has 0 aliphatic rings. The van der Waals surface area contributed by atoms with Gasteiger partial charge in [-0.25, -0.2) is 4.79 Å². The minimum atomic E-state index is -0.829. The summed E-state index contributed by atoms with van der Waals surface area (Å²) in [6.45, 7) is 1.96. The fourth-order valence-corrected chi connectivity index (χ4v) is 2.58. The average molecular weight is 351 g/mol. The van der Waals surface area contributed by atoms with Gasteiger partial charge in [0.1, 0.15) is 6.04 Å². The van der Waals surface area contributed by atoms with Crippen molar-refractivity contribution >= 4 is 43.5 Å². The minimum Gasteiger partial charge on any atom is -0.480 e. The normalized spacial score (nSPS) is 12.2. The number of carboxylic acids is 1. The number of carboxylic acid groups (broad SMARTS) is 1. The van der Waals surface area contributed by atoms with Crippen LogP contribution in [0.4, 0.5) is 5.69 Å². The summed E-state index contributed by atoms with van der Waals surface area (Å²) in [4.78, 5) is 11.0. The summed E-state index contributed by atoms with van der Waals surface area (Å²) < 4.78 is 1.70. The molecule has 0 amide bonds. The van der Waals surface area contributed by atoms with Crippen LogP contribution in [0.2, 0.25) is 0 Å². The molecule has 0 aliphatic carbocycles. The molecule has 0 aromatic heterocycles. The molecule has 0 heterocycles. The first-order valence-corrected chi connectivity index (χ1v) is 6.58. The van der Waals surface area contributed by atoms with Crippen LogP contribution in [0.1, 0.15) is 19.8 Å². The summed E-state index contributed by atoms with van der Waals surface area (Å²) in [7, 11) is 0. The van der Waals surface area contributed by atoms with Crippen LogP contribution in [0.3, 0.4) is 0 Å². The number of rotatable bonds is 5. The molecule has 16 heavy (non-hydrogen) atoms. The quantitative estimate of drug-likeness (QED) is 0.847. The molecule has 3 nitrogen and oxygen atoms in total. The topological polar surface area (TPSA) is 49.3 Å². The maximum atomic E-state index is 11.0. The van der Waals surface area contributed by atoms with Crippen molar-refractivity contribution in [2.45, 2.75) is 25.8 Å². The van der Waals surface area contributed by atoms with Crippen molar-refractivity contribution in [2.75, 3.05) is 5.32 Å². The lowest BCUT2D eigenvalue weighted by molar-refractivity contribution is -0.138. The van der Waals surface area contributed by atoms with Crippen molar-refractivity contribution in [1.29, 1.82) is 0 Å². The zero-order chi connectivity index (χ0) is 12.1. The fraction of sp³-hybridized carbons (Fsp3) is 0.364. The van der Waals surface area contributed by atoms with E-state index in [0.717, 1.165) is 21.1 Å². The number of para-hydroxylation sites is 1. The van der Waals surface area contributed by atoms with Crippen LogP contribution < -0.4 is 5.32 Å². The summed E-state index contributed by atoms with van der Waals surface area (Å²) >= 11 is 6.78. The number of halogens is 2. The van der Waals surface area contributed by atoms with Gasteiger partial charge in [0.05, 0.1) is 5.69 Å². The van der Waals surface area contributed by atoms with Crippen LogP contribution in [-0.2, 0) is 4.79 Å². The molecule has 1 unspecified atom stereocenters. The predicted molar refractivity (Wildman–Crippen MR) is 71.8 cm³/mol. The van der Waals surface area contributed by atoms with Gasteiger partial charge < -0.3 is 10.4 Å². The standard InChI is InChI=1S/C11H13Br2NO2/c1-2-4-9(11(15)16)14-10-7(12)5-3-6-8(10)13/h3,5-6,9,14H,2,4H2,1H3,(H,15,16). The molecule has 1 aromatic rings. The molecule has 0 spiro atoms. The molecule has 0 radical (unpaired) electrons. The Hall–Kier alpha value is -0.550. The zero-order valence-electron chi connectivity index (χ0n) is 8.84. The van der Waals surface area contributed by atoms with Crippen LogP contribution in [0.5, 0.6) is 0 Å². The molecule has 0 bridgehead atoms. The van der Waals surface area contributed by atoms with Gasteiger partial charge in [-0.05, 0) is 50.4 Å². The molecule has 0 saturated carbocycles. The lowest BCUT2D eigenvalue weighted by Crippen LogP contribution is -2.29. The highest BCUT2D eigenvalue weighted by molar-refractivity contribution is 9.11. The largest absolute Gasteiger partial charge is 0.480 e. The molecule has 0 fully saturated rings. The Morgan fingerprint density at radius 3 is 2.44 bits per heavy atom. The Morgan fingerprint density at radius 2 is 2.00 bits per heavy atom. The second kappa shape index (κ2) is 6.25. The highest BCUT2D eigenvalue weighted by atomic mass is 79.9. The van der Waals surface area contributed by atoms with E-state index in [9.17, 15) is 4.79 Å². The van der Waals surface area contributed by atoms with Crippen molar-refractivity contribution < 1.29 is 9.90 Å². The fourth-order valence-electron chi connectivity index (χ4n) is 1.36. The third kappa shape index (κ3) is 3.49. The lowest BCUT2D eigenvalue weighted by atomic mass is 10.1. The maximum Gasteiger partial charge on any atom is 0.326 e. The van der Waals surface area contributed by atoms with Gasteiger partial charge in [-0.2, -0.15) is 0 Å². The SMILES string of the molecule is CCCC(Nc1c(Br)cccc1Br)C(=O)O. The highest BCUT2D eigenvalue weighted by Gasteiger charge is 2.18. The minimum absolute atomic E-state index is 0.556. The number of carbonyl (C=O) groups is 1. The number of nitrogens with one attached hydrogen (secondary N) is 1. The van der Waals surface area contributed by atoms with E-state index in [-0.39, 0.29) is 0 Å². The van der Waals surface area contributed by atoms with Gasteiger partial charge in [0.25, 0.3) is 0 Å². The number of benzene rings is 1. The second-order valence-electron chi connectivity index (χ2n) is 3.42. The van der Waals surface area contributed by atoms with E-state index >= 15 is 0 Å². The molecule has 1 atom stereocenters. The zero-order valence-corrected chi connectivity index (χ0v) is 12.0. The van der Waals surface area contributed by atoms with Gasteiger partial charge in [0.2, 0.25) is 0 Å². The summed E-state index contributed by atoms with van der Waals surface area (Å²) in [5.74, 6) is -0.829. The third-order valence-electron chi connectivity index (χ3n) is 2.16. The van der Waals surface area contributed by atoms with Crippen molar-refractivity contribution in [1.82, 2.24) is 0 Å². The lowest BCUT2D eigenvalue weighted by Gasteiger charge is -2.17. The van der Waals surface area contributed by atoms with E-state index in [1.54, 1.807) is 0 Å². The first kappa shape index (κ1) is 13.5. The molecule has 5 heteroatoms. The van der Waals surface area contributed by atoms with Gasteiger partial charge in [0, 0.05) is 8.95 Å². The Kier molecular flexibility index (Phi) is 5.28. The van der Waals surface area contributed by atoms with Gasteiger partial charge in [-0.3, -0.25) is 0 Å². The molecule has 88 valence electrons. The van der Waals surface area contributed by atoms with E-state index < -0.39 is 12.0 Å². The molecule has 1 rings (SSSR count). The Morgan fingerprint density at radius 1 is 1.44 bits per heavy atom.